The number of alkyl halides is 1. The molecule has 0 aliphatic rings. The number of ether oxygens (including phenoxy) is 2. The van der Waals surface area contributed by atoms with Gasteiger partial charge in [-0.2, -0.15) is 4.57 Å². The first kappa shape index (κ1) is 32.8. The lowest BCUT2D eigenvalue weighted by Gasteiger charge is -2.20. The minimum atomic E-state index is -0.597. The van der Waals surface area contributed by atoms with Gasteiger partial charge in [-0.1, -0.05) is 46.9 Å². The fourth-order valence-electron chi connectivity index (χ4n) is 4.58. The molecule has 41 heavy (non-hydrogen) atoms. The molecule has 0 aliphatic heterocycles. The predicted molar refractivity (Wildman–Crippen MR) is 170 cm³/mol. The molecule has 9 heteroatoms. The molecule has 0 saturated carbocycles. The number of nitrogens with zero attached hydrogens (tertiary/aromatic N) is 1. The number of nitrogens with one attached hydrogen (secondary N) is 2. The summed E-state index contributed by atoms with van der Waals surface area (Å²) in [5.74, 6) is 0. The van der Waals surface area contributed by atoms with E-state index in [0.29, 0.717) is 11.4 Å². The minimum absolute atomic E-state index is 0. The van der Waals surface area contributed by atoms with Crippen LogP contribution >= 0.6 is 22.6 Å². The highest BCUT2D eigenvalue weighted by atomic mass is 127. The topological polar surface area (TPSA) is 80.5 Å². The molecular formula is C32H37I2N3O4. The summed E-state index contributed by atoms with van der Waals surface area (Å²) in [5.41, 5.74) is 3.21. The van der Waals surface area contributed by atoms with Gasteiger partial charge in [-0.25, -0.2) is 9.59 Å². The maximum absolute atomic E-state index is 12.6. The Balaban J connectivity index is 0.00000462. The average molecular weight is 781 g/mol. The first-order chi connectivity index (χ1) is 18.8. The van der Waals surface area contributed by atoms with Crippen LogP contribution in [0.5, 0.6) is 0 Å². The molecule has 7 nitrogen and oxygen atoms in total. The van der Waals surface area contributed by atoms with Crippen molar-refractivity contribution in [2.45, 2.75) is 65.7 Å². The second kappa shape index (κ2) is 13.5. The van der Waals surface area contributed by atoms with E-state index in [1.807, 2.05) is 96.1 Å². The zero-order valence-electron chi connectivity index (χ0n) is 24.3. The zero-order chi connectivity index (χ0) is 29.1. The standard InChI is InChI=1S/C32H36IN3O4.HI/c1-31(2,3)39-29(37)34-22-13-15-24-25-16-14-23(35-30(38)40-32(4,5)6)20-27(25)36(18-10-17-33)28(26(24)19-22)21-11-8-7-9-12-21;/h7-9,11-16,19-20H,10,17-18H2,1-6H3,(H,34,37);1H. The Labute approximate surface area is 272 Å². The van der Waals surface area contributed by atoms with Crippen LogP contribution in [0.25, 0.3) is 32.9 Å². The number of rotatable bonds is 6. The maximum atomic E-state index is 12.6. The van der Waals surface area contributed by atoms with Crippen molar-refractivity contribution in [3.8, 4) is 11.3 Å². The molecule has 0 atom stereocenters. The van der Waals surface area contributed by atoms with Crippen LogP contribution in [0.3, 0.4) is 0 Å². The quantitative estimate of drug-likeness (QED) is 0.118. The molecule has 4 rings (SSSR count). The Morgan fingerprint density at radius 3 is 1.83 bits per heavy atom. The van der Waals surface area contributed by atoms with Gasteiger partial charge < -0.3 is 33.5 Å². The number of benzene rings is 3. The molecule has 0 aliphatic carbocycles. The zero-order valence-corrected chi connectivity index (χ0v) is 28.6. The number of carbonyl (C=O) groups is 2. The summed E-state index contributed by atoms with van der Waals surface area (Å²) in [7, 11) is 0. The lowest BCUT2D eigenvalue weighted by atomic mass is 9.98. The molecule has 2 N–H and O–H groups in total. The maximum Gasteiger partial charge on any atom is 0.412 e. The van der Waals surface area contributed by atoms with Gasteiger partial charge in [-0.05, 0) is 77.9 Å². The van der Waals surface area contributed by atoms with Gasteiger partial charge in [0.15, 0.2) is 0 Å². The van der Waals surface area contributed by atoms with Crippen LogP contribution in [0.15, 0.2) is 66.7 Å². The molecule has 1 aromatic heterocycles. The Morgan fingerprint density at radius 1 is 0.756 bits per heavy atom. The molecule has 0 saturated heterocycles. The Bertz CT molecular complexity index is 1540. The van der Waals surface area contributed by atoms with E-state index in [1.54, 1.807) is 0 Å². The normalized spacial score (nSPS) is 11.6. The van der Waals surface area contributed by atoms with Crippen LogP contribution in [-0.4, -0.2) is 27.8 Å². The van der Waals surface area contributed by atoms with E-state index in [1.165, 1.54) is 0 Å². The van der Waals surface area contributed by atoms with Gasteiger partial charge in [-0.3, -0.25) is 10.6 Å². The smallest absolute Gasteiger partial charge is 0.412 e. The number of pyridine rings is 1. The Kier molecular flexibility index (Phi) is 10.8. The highest BCUT2D eigenvalue weighted by Gasteiger charge is 2.25. The van der Waals surface area contributed by atoms with E-state index in [0.717, 1.165) is 50.3 Å². The molecule has 0 radical (unpaired) electrons. The molecule has 0 spiro atoms. The molecule has 4 aromatic rings. The van der Waals surface area contributed by atoms with Gasteiger partial charge in [0.1, 0.15) is 17.7 Å². The third-order valence-electron chi connectivity index (χ3n) is 5.98. The number of anilines is 2. The van der Waals surface area contributed by atoms with Crippen molar-refractivity contribution in [3.63, 3.8) is 0 Å². The van der Waals surface area contributed by atoms with Gasteiger partial charge in [0.2, 0.25) is 11.2 Å². The van der Waals surface area contributed by atoms with Crippen molar-refractivity contribution < 1.29 is 47.6 Å². The number of amides is 2. The molecule has 1 heterocycles. The summed E-state index contributed by atoms with van der Waals surface area (Å²) in [6.45, 7) is 11.8. The number of fused-ring (bicyclic) bond motifs is 3. The fourth-order valence-corrected chi connectivity index (χ4v) is 4.92. The lowest BCUT2D eigenvalue weighted by molar-refractivity contribution is -0.659. The van der Waals surface area contributed by atoms with Crippen LogP contribution in [-0.2, 0) is 16.0 Å². The number of aryl methyl sites for hydroxylation is 1. The molecule has 0 fully saturated rings. The van der Waals surface area contributed by atoms with Crippen LogP contribution in [0.2, 0.25) is 0 Å². The summed E-state index contributed by atoms with van der Waals surface area (Å²) < 4.78 is 14.3. The predicted octanol–water partition coefficient (Wildman–Crippen LogP) is 5.47. The molecule has 218 valence electrons. The third-order valence-corrected chi connectivity index (χ3v) is 6.74. The summed E-state index contributed by atoms with van der Waals surface area (Å²) in [4.78, 5) is 25.1. The third kappa shape index (κ3) is 8.67. The average Bonchev–Trinajstić information content (AvgIpc) is 2.85. The van der Waals surface area contributed by atoms with E-state index < -0.39 is 23.4 Å². The van der Waals surface area contributed by atoms with E-state index in [9.17, 15) is 9.59 Å². The van der Waals surface area contributed by atoms with Crippen molar-refractivity contribution in [1.82, 2.24) is 0 Å². The summed E-state index contributed by atoms with van der Waals surface area (Å²) in [6, 6.07) is 22.1. The highest BCUT2D eigenvalue weighted by Crippen LogP contribution is 2.34. The van der Waals surface area contributed by atoms with Crippen LogP contribution in [0.1, 0.15) is 48.0 Å². The van der Waals surface area contributed by atoms with Gasteiger partial charge in [0, 0.05) is 33.6 Å². The van der Waals surface area contributed by atoms with E-state index in [2.05, 4.69) is 49.9 Å². The Hall–Kier alpha value is -2.67. The number of aromatic nitrogens is 1. The van der Waals surface area contributed by atoms with Gasteiger partial charge in [0.25, 0.3) is 0 Å². The number of hydrogen-bond donors (Lipinski definition) is 2. The first-order valence-corrected chi connectivity index (χ1v) is 14.9. The van der Waals surface area contributed by atoms with Crippen molar-refractivity contribution in [3.05, 3.63) is 66.7 Å². The Morgan fingerprint density at radius 2 is 1.29 bits per heavy atom. The van der Waals surface area contributed by atoms with Gasteiger partial charge in [0.05, 0.1) is 16.5 Å². The molecule has 2 amide bonds. The minimum Gasteiger partial charge on any atom is -1.00 e. The molecule has 3 aromatic carbocycles. The fraction of sp³-hybridized carbons (Fsp3) is 0.344. The monoisotopic (exact) mass is 781 g/mol. The van der Waals surface area contributed by atoms with Crippen molar-refractivity contribution >= 4 is 67.8 Å². The van der Waals surface area contributed by atoms with Crippen molar-refractivity contribution in [1.29, 1.82) is 0 Å². The second-order valence-electron chi connectivity index (χ2n) is 11.7. The van der Waals surface area contributed by atoms with Gasteiger partial charge >= 0.3 is 12.2 Å². The van der Waals surface area contributed by atoms with Crippen molar-refractivity contribution in [2.24, 2.45) is 0 Å². The SMILES string of the molecule is CC(C)(C)OC(=O)Nc1ccc2c(c1)c(-c1ccccc1)[n+](CCCI)c1cc(NC(=O)OC(C)(C)C)ccc21.[I-]. The van der Waals surface area contributed by atoms with Gasteiger partial charge in [-0.15, -0.1) is 0 Å². The molecule has 0 bridgehead atoms. The van der Waals surface area contributed by atoms with E-state index in [4.69, 9.17) is 9.47 Å². The molecule has 0 unspecified atom stereocenters. The molecular weight excluding hydrogens is 744 g/mol. The van der Waals surface area contributed by atoms with Crippen LogP contribution in [0.4, 0.5) is 21.0 Å². The van der Waals surface area contributed by atoms with E-state index >= 15 is 0 Å². The largest absolute Gasteiger partial charge is 1.00 e. The van der Waals surface area contributed by atoms with E-state index in [-0.39, 0.29) is 24.0 Å². The number of halogens is 2. The summed E-state index contributed by atoms with van der Waals surface area (Å²) >= 11 is 2.40. The van der Waals surface area contributed by atoms with Crippen LogP contribution in [0, 0.1) is 0 Å². The number of carbonyl (C=O) groups excluding carboxylic acids is 2. The lowest BCUT2D eigenvalue weighted by Crippen LogP contribution is -3.00. The first-order valence-electron chi connectivity index (χ1n) is 13.4. The van der Waals surface area contributed by atoms with Crippen molar-refractivity contribution in [2.75, 3.05) is 15.1 Å². The second-order valence-corrected chi connectivity index (χ2v) is 12.7. The van der Waals surface area contributed by atoms with Crippen LogP contribution < -0.4 is 39.2 Å². The highest BCUT2D eigenvalue weighted by molar-refractivity contribution is 14.1. The number of hydrogen-bond acceptors (Lipinski definition) is 4. The summed E-state index contributed by atoms with van der Waals surface area (Å²) in [5, 5.41) is 8.88. The summed E-state index contributed by atoms with van der Waals surface area (Å²) in [6.07, 6.45) is -0.0252.